The summed E-state index contributed by atoms with van der Waals surface area (Å²) in [4.78, 5) is 23.0. The molecule has 0 saturated heterocycles. The molecule has 1 atom stereocenters. The van der Waals surface area contributed by atoms with Gasteiger partial charge >= 0.3 is 5.97 Å². The molecule has 0 saturated carbocycles. The Morgan fingerprint density at radius 3 is 2.45 bits per heavy atom. The third kappa shape index (κ3) is 4.08. The highest BCUT2D eigenvalue weighted by Crippen LogP contribution is 2.26. The molecular formula is C16H23NO3. The lowest BCUT2D eigenvalue weighted by molar-refractivity contribution is -0.138. The second kappa shape index (κ2) is 6.55. The van der Waals surface area contributed by atoms with Gasteiger partial charge in [-0.25, -0.2) is 0 Å². The molecule has 20 heavy (non-hydrogen) atoms. The van der Waals surface area contributed by atoms with E-state index < -0.39 is 11.4 Å². The normalized spacial score (nSPS) is 12.8. The second-order valence-corrected chi connectivity index (χ2v) is 5.85. The van der Waals surface area contributed by atoms with Crippen LogP contribution < -0.4 is 5.32 Å². The summed E-state index contributed by atoms with van der Waals surface area (Å²) in [6, 6.07) is 7.80. The van der Waals surface area contributed by atoms with Crippen LogP contribution in [0, 0.1) is 12.8 Å². The SMILES string of the molecule is Cc1ccccc1C(C)(C)C(=O)NCC(C)CC(=O)O. The second-order valence-electron chi connectivity index (χ2n) is 5.85. The fourth-order valence-corrected chi connectivity index (χ4v) is 2.25. The first kappa shape index (κ1) is 16.2. The zero-order valence-corrected chi connectivity index (χ0v) is 12.6. The Bertz CT molecular complexity index is 494. The van der Waals surface area contributed by atoms with Crippen LogP contribution in [0.25, 0.3) is 0 Å². The van der Waals surface area contributed by atoms with Gasteiger partial charge in [-0.15, -0.1) is 0 Å². The first-order valence-corrected chi connectivity index (χ1v) is 6.81. The summed E-state index contributed by atoms with van der Waals surface area (Å²) in [5, 5.41) is 11.6. The first-order valence-electron chi connectivity index (χ1n) is 6.81. The molecule has 0 heterocycles. The minimum atomic E-state index is -0.843. The maximum absolute atomic E-state index is 12.3. The summed E-state index contributed by atoms with van der Waals surface area (Å²) < 4.78 is 0. The summed E-state index contributed by atoms with van der Waals surface area (Å²) >= 11 is 0. The van der Waals surface area contributed by atoms with E-state index in [1.54, 1.807) is 0 Å². The smallest absolute Gasteiger partial charge is 0.303 e. The molecule has 1 aromatic carbocycles. The number of carboxylic acid groups (broad SMARTS) is 1. The topological polar surface area (TPSA) is 66.4 Å². The first-order chi connectivity index (χ1) is 9.25. The predicted molar refractivity (Wildman–Crippen MR) is 78.6 cm³/mol. The van der Waals surface area contributed by atoms with Gasteiger partial charge in [0.05, 0.1) is 5.41 Å². The quantitative estimate of drug-likeness (QED) is 0.839. The van der Waals surface area contributed by atoms with Gasteiger partial charge in [-0.3, -0.25) is 9.59 Å². The molecule has 0 aliphatic carbocycles. The van der Waals surface area contributed by atoms with E-state index in [0.717, 1.165) is 11.1 Å². The minimum Gasteiger partial charge on any atom is -0.481 e. The highest BCUT2D eigenvalue weighted by Gasteiger charge is 2.30. The van der Waals surface area contributed by atoms with Crippen LogP contribution in [0.3, 0.4) is 0 Å². The van der Waals surface area contributed by atoms with Crippen LogP contribution >= 0.6 is 0 Å². The third-order valence-corrected chi connectivity index (χ3v) is 3.52. The van der Waals surface area contributed by atoms with Gasteiger partial charge in [-0.05, 0) is 37.8 Å². The number of hydrogen-bond acceptors (Lipinski definition) is 2. The summed E-state index contributed by atoms with van der Waals surface area (Å²) in [5.74, 6) is -1.00. The van der Waals surface area contributed by atoms with E-state index in [0.29, 0.717) is 6.54 Å². The molecule has 1 rings (SSSR count). The van der Waals surface area contributed by atoms with Gasteiger partial charge in [0.1, 0.15) is 0 Å². The Balaban J connectivity index is 2.71. The zero-order chi connectivity index (χ0) is 15.3. The monoisotopic (exact) mass is 277 g/mol. The number of nitrogens with one attached hydrogen (secondary N) is 1. The van der Waals surface area contributed by atoms with Gasteiger partial charge in [0.25, 0.3) is 0 Å². The summed E-state index contributed by atoms with van der Waals surface area (Å²) in [7, 11) is 0. The van der Waals surface area contributed by atoms with Crippen molar-refractivity contribution in [1.82, 2.24) is 5.32 Å². The molecule has 4 heteroatoms. The summed E-state index contributed by atoms with van der Waals surface area (Å²) in [6.07, 6.45) is 0.0606. The molecule has 1 unspecified atom stereocenters. The molecule has 0 aliphatic rings. The van der Waals surface area contributed by atoms with E-state index in [9.17, 15) is 9.59 Å². The molecule has 0 fully saturated rings. The van der Waals surface area contributed by atoms with E-state index in [-0.39, 0.29) is 18.2 Å². The number of benzene rings is 1. The number of carboxylic acids is 1. The van der Waals surface area contributed by atoms with Gasteiger partial charge in [-0.1, -0.05) is 31.2 Å². The van der Waals surface area contributed by atoms with Crippen molar-refractivity contribution in [2.45, 2.75) is 39.5 Å². The van der Waals surface area contributed by atoms with Crippen molar-refractivity contribution in [3.8, 4) is 0 Å². The van der Waals surface area contributed by atoms with Crippen LogP contribution in [-0.2, 0) is 15.0 Å². The molecule has 110 valence electrons. The lowest BCUT2D eigenvalue weighted by atomic mass is 9.81. The Kier molecular flexibility index (Phi) is 5.31. The van der Waals surface area contributed by atoms with Crippen LogP contribution in [0.4, 0.5) is 0 Å². The molecule has 4 nitrogen and oxygen atoms in total. The molecule has 0 aliphatic heterocycles. The molecule has 1 aromatic rings. The van der Waals surface area contributed by atoms with Crippen LogP contribution in [-0.4, -0.2) is 23.5 Å². The lowest BCUT2D eigenvalue weighted by Gasteiger charge is -2.26. The fraction of sp³-hybridized carbons (Fsp3) is 0.500. The van der Waals surface area contributed by atoms with Crippen LogP contribution in [0.2, 0.25) is 0 Å². The molecule has 1 amide bonds. The van der Waals surface area contributed by atoms with Gasteiger partial charge in [-0.2, -0.15) is 0 Å². The average molecular weight is 277 g/mol. The number of aliphatic carboxylic acids is 1. The van der Waals surface area contributed by atoms with E-state index in [1.165, 1.54) is 0 Å². The number of amides is 1. The third-order valence-electron chi connectivity index (χ3n) is 3.52. The van der Waals surface area contributed by atoms with Gasteiger partial charge in [0, 0.05) is 13.0 Å². The van der Waals surface area contributed by atoms with E-state index in [4.69, 9.17) is 5.11 Å². The van der Waals surface area contributed by atoms with Gasteiger partial charge in [0.15, 0.2) is 0 Å². The summed E-state index contributed by atoms with van der Waals surface area (Å²) in [5.41, 5.74) is 1.43. The Hall–Kier alpha value is -1.84. The maximum atomic E-state index is 12.3. The van der Waals surface area contributed by atoms with Crippen molar-refractivity contribution in [2.24, 2.45) is 5.92 Å². The van der Waals surface area contributed by atoms with Gasteiger partial charge < -0.3 is 10.4 Å². The summed E-state index contributed by atoms with van der Waals surface area (Å²) in [6.45, 7) is 7.94. The molecular weight excluding hydrogens is 254 g/mol. The van der Waals surface area contributed by atoms with E-state index >= 15 is 0 Å². The van der Waals surface area contributed by atoms with Crippen LogP contribution in [0.5, 0.6) is 0 Å². The largest absolute Gasteiger partial charge is 0.481 e. The van der Waals surface area contributed by atoms with E-state index in [2.05, 4.69) is 5.32 Å². The molecule has 0 bridgehead atoms. The molecule has 0 aromatic heterocycles. The lowest BCUT2D eigenvalue weighted by Crippen LogP contribution is -2.42. The minimum absolute atomic E-state index is 0.0606. The Morgan fingerprint density at radius 2 is 1.90 bits per heavy atom. The van der Waals surface area contributed by atoms with Crippen molar-refractivity contribution in [3.05, 3.63) is 35.4 Å². The Morgan fingerprint density at radius 1 is 1.30 bits per heavy atom. The predicted octanol–water partition coefficient (Wildman–Crippen LogP) is 2.50. The van der Waals surface area contributed by atoms with Crippen LogP contribution in [0.15, 0.2) is 24.3 Å². The van der Waals surface area contributed by atoms with Gasteiger partial charge in [0.2, 0.25) is 5.91 Å². The highest BCUT2D eigenvalue weighted by atomic mass is 16.4. The maximum Gasteiger partial charge on any atom is 0.303 e. The zero-order valence-electron chi connectivity index (χ0n) is 12.6. The van der Waals surface area contributed by atoms with Crippen LogP contribution in [0.1, 0.15) is 38.3 Å². The highest BCUT2D eigenvalue weighted by molar-refractivity contribution is 5.87. The fourth-order valence-electron chi connectivity index (χ4n) is 2.25. The number of carbonyl (C=O) groups is 2. The number of hydrogen-bond donors (Lipinski definition) is 2. The van der Waals surface area contributed by atoms with Crippen molar-refractivity contribution in [3.63, 3.8) is 0 Å². The number of carbonyl (C=O) groups excluding carboxylic acids is 1. The standard InChI is InChI=1S/C16H23NO3/c1-11(9-14(18)19)10-17-15(20)16(3,4)13-8-6-5-7-12(13)2/h5-8,11H,9-10H2,1-4H3,(H,17,20)(H,18,19). The Labute approximate surface area is 120 Å². The van der Waals surface area contributed by atoms with Crippen molar-refractivity contribution in [1.29, 1.82) is 0 Å². The molecule has 2 N–H and O–H groups in total. The average Bonchev–Trinajstić information content (AvgIpc) is 2.35. The van der Waals surface area contributed by atoms with E-state index in [1.807, 2.05) is 52.0 Å². The van der Waals surface area contributed by atoms with Crippen molar-refractivity contribution in [2.75, 3.05) is 6.54 Å². The van der Waals surface area contributed by atoms with Crippen molar-refractivity contribution < 1.29 is 14.7 Å². The number of rotatable bonds is 6. The van der Waals surface area contributed by atoms with Crippen molar-refractivity contribution >= 4 is 11.9 Å². The molecule has 0 radical (unpaired) electrons. The molecule has 0 spiro atoms. The number of aryl methyl sites for hydroxylation is 1.